The van der Waals surface area contributed by atoms with Crippen LogP contribution in [0.25, 0.3) is 28.5 Å². The maximum atomic E-state index is 11.2. The predicted octanol–water partition coefficient (Wildman–Crippen LogP) is 6.54. The van der Waals surface area contributed by atoms with Crippen LogP contribution in [0.2, 0.25) is 0 Å². The van der Waals surface area contributed by atoms with Crippen molar-refractivity contribution in [2.75, 3.05) is 11.9 Å². The number of aromatic amines is 1. The summed E-state index contributed by atoms with van der Waals surface area (Å²) in [5.41, 5.74) is 5.41. The Kier molecular flexibility index (Phi) is 4.10. The summed E-state index contributed by atoms with van der Waals surface area (Å²) in [6.45, 7) is 6.31. The van der Waals surface area contributed by atoms with Gasteiger partial charge in [0, 0.05) is 28.3 Å². The van der Waals surface area contributed by atoms with E-state index in [0.29, 0.717) is 22.7 Å². The van der Waals surface area contributed by atoms with E-state index in [1.54, 1.807) is 0 Å². The van der Waals surface area contributed by atoms with Crippen LogP contribution >= 0.6 is 15.9 Å². The van der Waals surface area contributed by atoms with Gasteiger partial charge >= 0.3 is 0 Å². The van der Waals surface area contributed by atoms with E-state index in [0.717, 1.165) is 26.8 Å². The van der Waals surface area contributed by atoms with Crippen molar-refractivity contribution in [3.05, 3.63) is 75.8 Å². The summed E-state index contributed by atoms with van der Waals surface area (Å²) in [5, 5.41) is 11.2. The van der Waals surface area contributed by atoms with Crippen molar-refractivity contribution in [1.29, 1.82) is 0 Å². The van der Waals surface area contributed by atoms with Crippen molar-refractivity contribution in [1.82, 2.24) is 9.97 Å². The smallest absolute Gasteiger partial charge is 0.211 e. The van der Waals surface area contributed by atoms with Crippen molar-refractivity contribution < 1.29 is 9.84 Å². The zero-order valence-corrected chi connectivity index (χ0v) is 20.5. The number of imidazole rings is 1. The average molecular weight is 502 g/mol. The Labute approximate surface area is 200 Å². The van der Waals surface area contributed by atoms with E-state index in [2.05, 4.69) is 82.0 Å². The molecule has 1 aromatic heterocycles. The van der Waals surface area contributed by atoms with Gasteiger partial charge in [0.25, 0.3) is 0 Å². The number of aromatic nitrogens is 2. The van der Waals surface area contributed by atoms with Crippen molar-refractivity contribution in [2.24, 2.45) is 0 Å². The molecule has 3 heterocycles. The fourth-order valence-corrected chi connectivity index (χ4v) is 5.70. The van der Waals surface area contributed by atoms with Crippen LogP contribution in [0.4, 0.5) is 5.69 Å². The molecule has 0 saturated heterocycles. The maximum Gasteiger partial charge on any atom is 0.211 e. The molecule has 2 N–H and O–H groups in total. The first-order chi connectivity index (χ1) is 15.7. The molecule has 0 aliphatic carbocycles. The molecular formula is C27H24BrN3O2. The van der Waals surface area contributed by atoms with Gasteiger partial charge in [-0.05, 0) is 74.9 Å². The van der Waals surface area contributed by atoms with Gasteiger partial charge in [-0.15, -0.1) is 0 Å². The SMILES string of the molecule is Cc1c(O)c(-c2nc3ccccc3[nH]2)cc2c1OC1(C=C2)N(C)c2ccc(Br)cc2C1(C)C. The summed E-state index contributed by atoms with van der Waals surface area (Å²) < 4.78 is 7.87. The number of fused-ring (bicyclic) bond motifs is 3. The normalized spacial score (nSPS) is 20.2. The fraction of sp³-hybridized carbons (Fsp3) is 0.222. The first-order valence-corrected chi connectivity index (χ1v) is 11.8. The van der Waals surface area contributed by atoms with Crippen LogP contribution in [0.1, 0.15) is 30.5 Å². The number of anilines is 1. The molecule has 166 valence electrons. The third-order valence-electron chi connectivity index (χ3n) is 7.29. The van der Waals surface area contributed by atoms with E-state index >= 15 is 0 Å². The summed E-state index contributed by atoms with van der Waals surface area (Å²) in [6, 6.07) is 16.2. The first-order valence-electron chi connectivity index (χ1n) is 11.0. The average Bonchev–Trinajstić information content (AvgIpc) is 3.29. The zero-order chi connectivity index (χ0) is 23.1. The fourth-order valence-electron chi connectivity index (χ4n) is 5.34. The maximum absolute atomic E-state index is 11.2. The van der Waals surface area contributed by atoms with E-state index < -0.39 is 5.72 Å². The molecule has 0 amide bonds. The Bertz CT molecular complexity index is 1450. The van der Waals surface area contributed by atoms with Gasteiger partial charge in [0.05, 0.1) is 22.0 Å². The van der Waals surface area contributed by atoms with Gasteiger partial charge in [-0.25, -0.2) is 4.98 Å². The second-order valence-electron chi connectivity index (χ2n) is 9.40. The number of hydrogen-bond acceptors (Lipinski definition) is 4. The third kappa shape index (κ3) is 2.61. The summed E-state index contributed by atoms with van der Waals surface area (Å²) in [6.07, 6.45) is 4.25. The van der Waals surface area contributed by atoms with Gasteiger partial charge in [0.2, 0.25) is 5.72 Å². The number of nitrogens with one attached hydrogen (secondary N) is 1. The molecule has 2 aliphatic heterocycles. The lowest BCUT2D eigenvalue weighted by molar-refractivity contribution is 0.0572. The van der Waals surface area contributed by atoms with Gasteiger partial charge in [0.15, 0.2) is 0 Å². The number of phenolic OH excluding ortho intramolecular Hbond substituents is 1. The highest BCUT2D eigenvalue weighted by atomic mass is 79.9. The highest BCUT2D eigenvalue weighted by molar-refractivity contribution is 9.10. The molecule has 0 radical (unpaired) electrons. The largest absolute Gasteiger partial charge is 0.507 e. The number of aromatic hydroxyl groups is 1. The van der Waals surface area contributed by atoms with Gasteiger partial charge in [-0.2, -0.15) is 0 Å². The molecule has 6 heteroatoms. The molecule has 3 aromatic carbocycles. The van der Waals surface area contributed by atoms with E-state index in [1.807, 2.05) is 37.3 Å². The second-order valence-corrected chi connectivity index (χ2v) is 10.3. The quantitative estimate of drug-likeness (QED) is 0.311. The number of phenols is 1. The third-order valence-corrected chi connectivity index (χ3v) is 7.78. The second kappa shape index (κ2) is 6.64. The summed E-state index contributed by atoms with van der Waals surface area (Å²) in [5.74, 6) is 1.52. The Morgan fingerprint density at radius 1 is 1.12 bits per heavy atom. The van der Waals surface area contributed by atoms with Crippen LogP contribution in [-0.2, 0) is 5.41 Å². The summed E-state index contributed by atoms with van der Waals surface area (Å²) in [7, 11) is 2.06. The highest BCUT2D eigenvalue weighted by Gasteiger charge is 2.58. The number of benzene rings is 3. The lowest BCUT2D eigenvalue weighted by Gasteiger charge is -2.46. The first kappa shape index (κ1) is 20.4. The Morgan fingerprint density at radius 2 is 1.91 bits per heavy atom. The van der Waals surface area contributed by atoms with Crippen LogP contribution in [0.3, 0.4) is 0 Å². The minimum atomic E-state index is -0.707. The molecule has 0 saturated carbocycles. The van der Waals surface area contributed by atoms with Crippen LogP contribution in [0.5, 0.6) is 11.5 Å². The number of likely N-dealkylation sites (N-methyl/N-ethyl adjacent to an activating group) is 1. The van der Waals surface area contributed by atoms with Crippen LogP contribution < -0.4 is 9.64 Å². The van der Waals surface area contributed by atoms with Crippen molar-refractivity contribution in [2.45, 2.75) is 31.9 Å². The minimum absolute atomic E-state index is 0.178. The standard InChI is InChI=1S/C27H24BrN3O2/c1-15-23(32)18(25-29-20-7-5-6-8-21(20)30-25)13-16-11-12-27(33-24(15)16)26(2,3)19-14-17(28)9-10-22(19)31(27)4/h5-14,32H,1-4H3,(H,29,30). The van der Waals surface area contributed by atoms with E-state index in [4.69, 9.17) is 4.74 Å². The molecular weight excluding hydrogens is 478 g/mol. The van der Waals surface area contributed by atoms with E-state index in [-0.39, 0.29) is 11.2 Å². The molecule has 5 nitrogen and oxygen atoms in total. The topological polar surface area (TPSA) is 61.4 Å². The number of ether oxygens (including phenoxy) is 1. The van der Waals surface area contributed by atoms with Crippen LogP contribution in [-0.4, -0.2) is 27.8 Å². The monoisotopic (exact) mass is 501 g/mol. The number of para-hydroxylation sites is 2. The van der Waals surface area contributed by atoms with Gasteiger partial charge in [0.1, 0.15) is 17.3 Å². The number of H-pyrrole nitrogens is 1. The Hall–Kier alpha value is -3.25. The Balaban J connectivity index is 1.49. The predicted molar refractivity (Wildman–Crippen MR) is 136 cm³/mol. The van der Waals surface area contributed by atoms with E-state index in [9.17, 15) is 5.11 Å². The summed E-state index contributed by atoms with van der Waals surface area (Å²) >= 11 is 3.62. The van der Waals surface area contributed by atoms with Gasteiger partial charge in [-0.1, -0.05) is 28.1 Å². The van der Waals surface area contributed by atoms with Crippen LogP contribution in [0.15, 0.2) is 59.1 Å². The number of halogens is 1. The van der Waals surface area contributed by atoms with Crippen molar-refractivity contribution in [3.8, 4) is 22.9 Å². The zero-order valence-electron chi connectivity index (χ0n) is 18.9. The molecule has 4 aromatic rings. The lowest BCUT2D eigenvalue weighted by Crippen LogP contribution is -2.58. The van der Waals surface area contributed by atoms with Crippen LogP contribution in [0, 0.1) is 6.92 Å². The molecule has 1 atom stereocenters. The molecule has 2 aliphatic rings. The number of nitrogens with zero attached hydrogens (tertiary/aromatic N) is 2. The molecule has 0 fully saturated rings. The number of rotatable bonds is 1. The molecule has 0 bridgehead atoms. The van der Waals surface area contributed by atoms with Crippen molar-refractivity contribution in [3.63, 3.8) is 0 Å². The summed E-state index contributed by atoms with van der Waals surface area (Å²) in [4.78, 5) is 10.2. The lowest BCUT2D eigenvalue weighted by atomic mass is 9.76. The van der Waals surface area contributed by atoms with Gasteiger partial charge in [-0.3, -0.25) is 0 Å². The van der Waals surface area contributed by atoms with E-state index in [1.165, 1.54) is 5.56 Å². The molecule has 1 spiro atoms. The number of hydrogen-bond donors (Lipinski definition) is 2. The molecule has 33 heavy (non-hydrogen) atoms. The molecule has 1 unspecified atom stereocenters. The molecule has 6 rings (SSSR count). The minimum Gasteiger partial charge on any atom is -0.507 e. The Morgan fingerprint density at radius 3 is 2.70 bits per heavy atom. The van der Waals surface area contributed by atoms with Crippen molar-refractivity contribution >= 4 is 38.7 Å². The highest BCUT2D eigenvalue weighted by Crippen LogP contribution is 2.56. The van der Waals surface area contributed by atoms with Gasteiger partial charge < -0.3 is 19.7 Å².